The van der Waals surface area contributed by atoms with E-state index >= 15 is 0 Å². The van der Waals surface area contributed by atoms with Crippen LogP contribution < -0.4 is 9.62 Å². The number of esters is 1. The highest BCUT2D eigenvalue weighted by Crippen LogP contribution is 2.66. The van der Waals surface area contributed by atoms with E-state index in [0.717, 1.165) is 24.1 Å². The number of likely N-dealkylation sites (tertiary alicyclic amines) is 1. The van der Waals surface area contributed by atoms with Gasteiger partial charge < -0.3 is 19.5 Å². The van der Waals surface area contributed by atoms with Crippen molar-refractivity contribution in [3.05, 3.63) is 35.4 Å². The van der Waals surface area contributed by atoms with Crippen molar-refractivity contribution < 1.29 is 33.9 Å². The van der Waals surface area contributed by atoms with Crippen LogP contribution in [0.4, 0.5) is 0 Å². The first-order chi connectivity index (χ1) is 13.8. The summed E-state index contributed by atoms with van der Waals surface area (Å²) in [6.07, 6.45) is 3.96. The third-order valence-corrected chi connectivity index (χ3v) is 6.80. The van der Waals surface area contributed by atoms with Gasteiger partial charge in [-0.2, -0.15) is 0 Å². The molecule has 2 aliphatic carbocycles. The molecular formula is C21H23NO7. The molecule has 0 aromatic heterocycles. The number of carbonyl (C=O) groups is 2. The first kappa shape index (κ1) is 18.4. The van der Waals surface area contributed by atoms with E-state index in [4.69, 9.17) is 19.2 Å². The Labute approximate surface area is 167 Å². The van der Waals surface area contributed by atoms with Crippen molar-refractivity contribution in [2.45, 2.75) is 50.0 Å². The molecule has 8 nitrogen and oxygen atoms in total. The molecule has 4 aliphatic rings. The van der Waals surface area contributed by atoms with Gasteiger partial charge in [0, 0.05) is 31.4 Å². The van der Waals surface area contributed by atoms with Crippen molar-refractivity contribution >= 4 is 11.9 Å². The molecule has 1 spiro atoms. The number of nitrogens with zero attached hydrogens (tertiary/aromatic N) is 1. The highest BCUT2D eigenvalue weighted by Gasteiger charge is 2.74. The third-order valence-electron chi connectivity index (χ3n) is 6.80. The number of aliphatic hydroxyl groups is 1. The van der Waals surface area contributed by atoms with Gasteiger partial charge in [-0.25, -0.2) is 4.79 Å². The average molecular weight is 401 g/mol. The first-order valence-corrected chi connectivity index (χ1v) is 9.77. The average Bonchev–Trinajstić information content (AvgIpc) is 2.95. The summed E-state index contributed by atoms with van der Waals surface area (Å²) < 4.78 is 12.1. The zero-order valence-corrected chi connectivity index (χ0v) is 16.5. The van der Waals surface area contributed by atoms with E-state index in [2.05, 4.69) is 11.9 Å². The third kappa shape index (κ3) is 2.21. The largest absolute Gasteiger partial charge is 0.444 e. The smallest absolute Gasteiger partial charge is 0.352 e. The van der Waals surface area contributed by atoms with Crippen LogP contribution in [-0.4, -0.2) is 53.5 Å². The van der Waals surface area contributed by atoms with Crippen LogP contribution in [0.25, 0.3) is 0 Å². The summed E-state index contributed by atoms with van der Waals surface area (Å²) in [5, 5.41) is 11.0. The SMILES string of the molecule is CC(=O)OOc1ccc2c3c1O[C@@]1(OC(C)=O)[C@@H](O)C=C[C@H]4[C@@H](C2)N(C)CC[C@@]341. The Morgan fingerprint density at radius 3 is 2.76 bits per heavy atom. The number of aliphatic hydroxyl groups excluding tert-OH is 1. The van der Waals surface area contributed by atoms with Gasteiger partial charge in [0.2, 0.25) is 5.75 Å². The number of likely N-dealkylation sites (N-methyl/N-ethyl adjacent to an activating group) is 1. The summed E-state index contributed by atoms with van der Waals surface area (Å²) in [5.74, 6) is -2.16. The van der Waals surface area contributed by atoms with Crippen molar-refractivity contribution in [1.82, 2.24) is 4.90 Å². The monoisotopic (exact) mass is 401 g/mol. The molecule has 29 heavy (non-hydrogen) atoms. The predicted octanol–water partition coefficient (Wildman–Crippen LogP) is 1.24. The molecule has 8 heteroatoms. The lowest BCUT2D eigenvalue weighted by Crippen LogP contribution is -2.72. The number of hydrogen-bond acceptors (Lipinski definition) is 8. The van der Waals surface area contributed by atoms with Crippen molar-refractivity contribution in [3.63, 3.8) is 0 Å². The highest BCUT2D eigenvalue weighted by atomic mass is 17.2. The van der Waals surface area contributed by atoms with Crippen molar-refractivity contribution in [3.8, 4) is 11.5 Å². The second kappa shape index (κ2) is 5.96. The molecule has 1 fully saturated rings. The minimum atomic E-state index is -1.59. The first-order valence-electron chi connectivity index (χ1n) is 9.77. The zero-order chi connectivity index (χ0) is 20.6. The molecule has 0 unspecified atom stereocenters. The normalized spacial score (nSPS) is 36.1. The van der Waals surface area contributed by atoms with Crippen LogP contribution in [0.1, 0.15) is 31.4 Å². The lowest BCUT2D eigenvalue weighted by Gasteiger charge is -2.59. The molecule has 154 valence electrons. The van der Waals surface area contributed by atoms with Crippen molar-refractivity contribution in [1.29, 1.82) is 0 Å². The Balaban J connectivity index is 1.76. The molecule has 0 saturated carbocycles. The molecule has 5 rings (SSSR count). The minimum absolute atomic E-state index is 0.0123. The number of benzene rings is 1. The fourth-order valence-electron chi connectivity index (χ4n) is 5.80. The maximum Gasteiger partial charge on any atom is 0.352 e. The summed E-state index contributed by atoms with van der Waals surface area (Å²) in [5.41, 5.74) is 1.18. The molecule has 1 saturated heterocycles. The predicted molar refractivity (Wildman–Crippen MR) is 99.0 cm³/mol. The van der Waals surface area contributed by atoms with Gasteiger partial charge in [0.1, 0.15) is 6.10 Å². The standard InChI is InChI=1S/C21H23NO7/c1-11(23)26-21-17(25)7-5-14-15-10-13-4-6-16(29-28-12(2)24)19(27-21)18(13)20(14,21)8-9-22(15)3/h4-7,14-15,17,25H,8-10H2,1-3H3/t14-,15+,17-,20-,21-/m0/s1. The fraction of sp³-hybridized carbons (Fsp3) is 0.524. The van der Waals surface area contributed by atoms with Gasteiger partial charge in [-0.3, -0.25) is 14.6 Å². The Bertz CT molecular complexity index is 943. The summed E-state index contributed by atoms with van der Waals surface area (Å²) in [6.45, 7) is 3.31. The second-order valence-corrected chi connectivity index (χ2v) is 8.28. The number of piperidine rings is 1. The topological polar surface area (TPSA) is 94.5 Å². The van der Waals surface area contributed by atoms with Crippen LogP contribution in [0.15, 0.2) is 24.3 Å². The van der Waals surface area contributed by atoms with Gasteiger partial charge in [-0.15, -0.1) is 0 Å². The summed E-state index contributed by atoms with van der Waals surface area (Å²) >= 11 is 0. The van der Waals surface area contributed by atoms with Gasteiger partial charge in [-0.1, -0.05) is 18.2 Å². The molecule has 1 aromatic carbocycles. The summed E-state index contributed by atoms with van der Waals surface area (Å²) in [7, 11) is 2.09. The van der Waals surface area contributed by atoms with E-state index < -0.39 is 29.2 Å². The van der Waals surface area contributed by atoms with E-state index in [0.29, 0.717) is 12.2 Å². The Morgan fingerprint density at radius 1 is 1.24 bits per heavy atom. The number of carbonyl (C=O) groups excluding carboxylic acids is 2. The molecule has 1 aromatic rings. The van der Waals surface area contributed by atoms with E-state index in [1.165, 1.54) is 13.8 Å². The molecule has 5 atom stereocenters. The molecule has 2 aliphatic heterocycles. The van der Waals surface area contributed by atoms with Gasteiger partial charge in [0.25, 0.3) is 5.79 Å². The minimum Gasteiger partial charge on any atom is -0.444 e. The highest BCUT2D eigenvalue weighted by molar-refractivity contribution is 5.70. The van der Waals surface area contributed by atoms with Crippen LogP contribution in [0.3, 0.4) is 0 Å². The Morgan fingerprint density at radius 2 is 2.03 bits per heavy atom. The van der Waals surface area contributed by atoms with Crippen LogP contribution >= 0.6 is 0 Å². The Kier molecular flexibility index (Phi) is 3.79. The number of ether oxygens (including phenoxy) is 2. The van der Waals surface area contributed by atoms with E-state index in [1.54, 1.807) is 12.1 Å². The molecule has 0 amide bonds. The molecule has 0 radical (unpaired) electrons. The van der Waals surface area contributed by atoms with Gasteiger partial charge in [0.05, 0.1) is 5.41 Å². The van der Waals surface area contributed by atoms with Gasteiger partial charge >= 0.3 is 11.9 Å². The van der Waals surface area contributed by atoms with Crippen molar-refractivity contribution in [2.24, 2.45) is 5.92 Å². The maximum absolute atomic E-state index is 12.1. The van der Waals surface area contributed by atoms with E-state index in [9.17, 15) is 14.7 Å². The van der Waals surface area contributed by atoms with Gasteiger partial charge in [-0.05, 0) is 38.1 Å². The fourth-order valence-corrected chi connectivity index (χ4v) is 5.80. The molecular weight excluding hydrogens is 378 g/mol. The lowest BCUT2D eigenvalue weighted by atomic mass is 9.52. The van der Waals surface area contributed by atoms with Crippen LogP contribution in [0.2, 0.25) is 0 Å². The number of hydrogen-bond donors (Lipinski definition) is 1. The quantitative estimate of drug-likeness (QED) is 0.350. The van der Waals surface area contributed by atoms with Gasteiger partial charge in [0.15, 0.2) is 5.75 Å². The molecule has 2 heterocycles. The zero-order valence-electron chi connectivity index (χ0n) is 16.5. The Hall–Kier alpha value is -2.58. The van der Waals surface area contributed by atoms with Crippen LogP contribution in [0, 0.1) is 5.92 Å². The molecule has 1 N–H and O–H groups in total. The van der Waals surface area contributed by atoms with Crippen LogP contribution in [0.5, 0.6) is 11.5 Å². The summed E-state index contributed by atoms with van der Waals surface area (Å²) in [6, 6.07) is 3.80. The van der Waals surface area contributed by atoms with E-state index in [1.807, 2.05) is 12.1 Å². The maximum atomic E-state index is 12.1. The van der Waals surface area contributed by atoms with Crippen molar-refractivity contribution in [2.75, 3.05) is 13.6 Å². The lowest BCUT2D eigenvalue weighted by molar-refractivity contribution is -0.265. The number of rotatable bonds is 3. The second-order valence-electron chi connectivity index (χ2n) is 8.28. The summed E-state index contributed by atoms with van der Waals surface area (Å²) in [4.78, 5) is 35.7. The molecule has 2 bridgehead atoms. The van der Waals surface area contributed by atoms with Crippen LogP contribution in [-0.2, 0) is 31.0 Å². The van der Waals surface area contributed by atoms with E-state index in [-0.39, 0.29) is 17.7 Å².